The molecule has 0 aromatic heterocycles. The summed E-state index contributed by atoms with van der Waals surface area (Å²) < 4.78 is 30.7. The maximum absolute atomic E-state index is 13.1. The minimum absolute atomic E-state index is 0.165. The molecule has 0 saturated heterocycles. The molecule has 0 fully saturated rings. The van der Waals surface area contributed by atoms with E-state index < -0.39 is 11.6 Å². The van der Waals surface area contributed by atoms with E-state index in [0.29, 0.717) is 0 Å². The molecular formula is C9H9F2N3O. The van der Waals surface area contributed by atoms with Crippen LogP contribution in [0.4, 0.5) is 8.78 Å². The summed E-state index contributed by atoms with van der Waals surface area (Å²) in [5, 5.41) is 10.4. The molecule has 4 nitrogen and oxygen atoms in total. The topological polar surface area (TPSA) is 57.5 Å². The van der Waals surface area contributed by atoms with Crippen molar-refractivity contribution in [3.63, 3.8) is 0 Å². The molecule has 1 aromatic carbocycles. The largest absolute Gasteiger partial charge is 0.433 e. The summed E-state index contributed by atoms with van der Waals surface area (Å²) in [6, 6.07) is 3.52. The van der Waals surface area contributed by atoms with Crippen molar-refractivity contribution in [1.29, 1.82) is 5.41 Å². The van der Waals surface area contributed by atoms with E-state index in [0.717, 1.165) is 12.3 Å². The minimum Gasteiger partial charge on any atom is -0.433 e. The lowest BCUT2D eigenvalue weighted by Crippen LogP contribution is -2.14. The zero-order valence-electron chi connectivity index (χ0n) is 7.92. The van der Waals surface area contributed by atoms with Crippen molar-refractivity contribution in [2.45, 2.75) is 0 Å². The van der Waals surface area contributed by atoms with Gasteiger partial charge in [-0.15, -0.1) is 5.10 Å². The first kappa shape index (κ1) is 11.1. The van der Waals surface area contributed by atoms with E-state index >= 15 is 0 Å². The van der Waals surface area contributed by atoms with Gasteiger partial charge >= 0.3 is 0 Å². The van der Waals surface area contributed by atoms with Gasteiger partial charge in [-0.25, -0.2) is 4.39 Å². The molecule has 0 amide bonds. The summed E-state index contributed by atoms with van der Waals surface area (Å²) >= 11 is 0. The Labute approximate surface area is 85.1 Å². The van der Waals surface area contributed by atoms with E-state index in [2.05, 4.69) is 10.5 Å². The van der Waals surface area contributed by atoms with Gasteiger partial charge in [0.25, 0.3) is 5.90 Å². The molecule has 0 spiro atoms. The van der Waals surface area contributed by atoms with Gasteiger partial charge in [0.1, 0.15) is 0 Å². The lowest BCUT2D eigenvalue weighted by molar-refractivity contribution is 0.449. The predicted octanol–water partition coefficient (Wildman–Crippen LogP) is 1.53. The SMILES string of the molecule is CN/N=C(\C=N)Oc1cccc(F)c1F. The van der Waals surface area contributed by atoms with E-state index in [9.17, 15) is 8.78 Å². The van der Waals surface area contributed by atoms with Crippen LogP contribution < -0.4 is 10.2 Å². The molecule has 0 atom stereocenters. The van der Waals surface area contributed by atoms with Gasteiger partial charge in [-0.1, -0.05) is 6.07 Å². The van der Waals surface area contributed by atoms with Gasteiger partial charge in [-0.05, 0) is 12.1 Å². The number of rotatable bonds is 3. The average molecular weight is 213 g/mol. The summed E-state index contributed by atoms with van der Waals surface area (Å²) in [7, 11) is 1.49. The molecule has 0 aliphatic rings. The minimum atomic E-state index is -1.11. The van der Waals surface area contributed by atoms with Crippen LogP contribution in [-0.2, 0) is 0 Å². The number of halogens is 2. The number of nitrogens with zero attached hydrogens (tertiary/aromatic N) is 1. The Morgan fingerprint density at radius 3 is 2.87 bits per heavy atom. The van der Waals surface area contributed by atoms with E-state index in [1.165, 1.54) is 19.2 Å². The van der Waals surface area contributed by atoms with Crippen LogP contribution in [0, 0.1) is 17.0 Å². The second kappa shape index (κ2) is 5.04. The van der Waals surface area contributed by atoms with Gasteiger partial charge in [-0.2, -0.15) is 4.39 Å². The standard InChI is InChI=1S/C9H9F2N3O/c1-13-14-8(5-12)15-7-4-2-3-6(10)9(7)11/h2-5,12-13H,1H3/b12-5?,14-8+. The van der Waals surface area contributed by atoms with Gasteiger partial charge < -0.3 is 15.6 Å². The van der Waals surface area contributed by atoms with Crippen LogP contribution in [-0.4, -0.2) is 19.2 Å². The summed E-state index contributed by atoms with van der Waals surface area (Å²) in [5.41, 5.74) is 2.37. The molecule has 0 aliphatic heterocycles. The molecule has 1 rings (SSSR count). The lowest BCUT2D eigenvalue weighted by Gasteiger charge is -2.05. The molecule has 0 saturated carbocycles. The van der Waals surface area contributed by atoms with Crippen LogP contribution in [0.2, 0.25) is 0 Å². The Hall–Kier alpha value is -1.98. The first-order valence-electron chi connectivity index (χ1n) is 4.05. The zero-order valence-corrected chi connectivity index (χ0v) is 7.92. The molecule has 1 aromatic rings. The van der Waals surface area contributed by atoms with Crippen LogP contribution in [0.25, 0.3) is 0 Å². The number of nitrogens with one attached hydrogen (secondary N) is 2. The average Bonchev–Trinajstić information content (AvgIpc) is 2.24. The highest BCUT2D eigenvalue weighted by Gasteiger charge is 2.10. The molecule has 15 heavy (non-hydrogen) atoms. The summed E-state index contributed by atoms with van der Waals surface area (Å²) in [6.07, 6.45) is 0.779. The van der Waals surface area contributed by atoms with Crippen LogP contribution in [0.15, 0.2) is 23.3 Å². The van der Waals surface area contributed by atoms with E-state index in [1.807, 2.05) is 0 Å². The highest BCUT2D eigenvalue weighted by atomic mass is 19.2. The zero-order chi connectivity index (χ0) is 11.3. The normalized spacial score (nSPS) is 11.0. The molecule has 0 aliphatic carbocycles. The smallest absolute Gasteiger partial charge is 0.253 e. The molecular weight excluding hydrogens is 204 g/mol. The Bertz CT molecular complexity index is 393. The third kappa shape index (κ3) is 2.73. The van der Waals surface area contributed by atoms with Crippen molar-refractivity contribution in [2.75, 3.05) is 7.05 Å². The van der Waals surface area contributed by atoms with Crippen molar-refractivity contribution >= 4 is 12.1 Å². The van der Waals surface area contributed by atoms with Crippen molar-refractivity contribution in [3.05, 3.63) is 29.8 Å². The van der Waals surface area contributed by atoms with Gasteiger partial charge in [-0.3, -0.25) is 0 Å². The third-order valence-corrected chi connectivity index (χ3v) is 1.48. The number of hydrogen-bond acceptors (Lipinski definition) is 4. The van der Waals surface area contributed by atoms with Crippen molar-refractivity contribution in [1.82, 2.24) is 5.43 Å². The van der Waals surface area contributed by atoms with E-state index in [4.69, 9.17) is 10.1 Å². The molecule has 0 unspecified atom stereocenters. The predicted molar refractivity (Wildman–Crippen MR) is 52.3 cm³/mol. The van der Waals surface area contributed by atoms with Gasteiger partial charge in [0.05, 0.1) is 6.21 Å². The first-order chi connectivity index (χ1) is 7.19. The Kier molecular flexibility index (Phi) is 3.73. The molecule has 2 N–H and O–H groups in total. The van der Waals surface area contributed by atoms with Crippen LogP contribution in [0.3, 0.4) is 0 Å². The van der Waals surface area contributed by atoms with E-state index in [1.54, 1.807) is 0 Å². The van der Waals surface area contributed by atoms with Crippen LogP contribution >= 0.6 is 0 Å². The van der Waals surface area contributed by atoms with Crippen molar-refractivity contribution in [2.24, 2.45) is 5.10 Å². The van der Waals surface area contributed by atoms with Gasteiger partial charge in [0, 0.05) is 7.05 Å². The highest BCUT2D eigenvalue weighted by molar-refractivity contribution is 6.25. The number of hydrazone groups is 1. The summed E-state index contributed by atoms with van der Waals surface area (Å²) in [4.78, 5) is 0. The maximum atomic E-state index is 13.1. The Balaban J connectivity index is 2.93. The number of ether oxygens (including phenoxy) is 1. The summed E-state index contributed by atoms with van der Waals surface area (Å²) in [6.45, 7) is 0. The second-order valence-electron chi connectivity index (χ2n) is 2.47. The van der Waals surface area contributed by atoms with Crippen molar-refractivity contribution < 1.29 is 13.5 Å². The second-order valence-corrected chi connectivity index (χ2v) is 2.47. The fourth-order valence-corrected chi connectivity index (χ4v) is 0.870. The molecule has 0 radical (unpaired) electrons. The fraction of sp³-hybridized carbons (Fsp3) is 0.111. The lowest BCUT2D eigenvalue weighted by atomic mass is 10.3. The van der Waals surface area contributed by atoms with Gasteiger partial charge in [0.15, 0.2) is 11.6 Å². The van der Waals surface area contributed by atoms with E-state index in [-0.39, 0.29) is 11.6 Å². The fourth-order valence-electron chi connectivity index (χ4n) is 0.870. The number of hydrogen-bond donors (Lipinski definition) is 2. The van der Waals surface area contributed by atoms with Crippen molar-refractivity contribution in [3.8, 4) is 5.75 Å². The monoisotopic (exact) mass is 213 g/mol. The molecule has 6 heteroatoms. The quantitative estimate of drug-likeness (QED) is 0.454. The van der Waals surface area contributed by atoms with Gasteiger partial charge in [0.2, 0.25) is 5.82 Å². The Morgan fingerprint density at radius 2 is 2.27 bits per heavy atom. The third-order valence-electron chi connectivity index (χ3n) is 1.48. The highest BCUT2D eigenvalue weighted by Crippen LogP contribution is 2.18. The summed E-state index contributed by atoms with van der Waals surface area (Å²) in [5.74, 6) is -2.60. The van der Waals surface area contributed by atoms with Crippen LogP contribution in [0.5, 0.6) is 5.75 Å². The molecule has 0 heterocycles. The first-order valence-corrected chi connectivity index (χ1v) is 4.05. The maximum Gasteiger partial charge on any atom is 0.253 e. The van der Waals surface area contributed by atoms with Crippen LogP contribution in [0.1, 0.15) is 0 Å². The molecule has 80 valence electrons. The molecule has 0 bridgehead atoms. The number of benzene rings is 1. The Morgan fingerprint density at radius 1 is 1.53 bits per heavy atom.